The molecule has 2 fully saturated rings. The number of hydrogen-bond acceptors (Lipinski definition) is 5. The number of amides is 1. The number of aromatic nitrogens is 3. The van der Waals surface area contributed by atoms with Gasteiger partial charge in [-0.1, -0.05) is 32.0 Å². The van der Waals surface area contributed by atoms with Gasteiger partial charge in [-0.25, -0.2) is 9.50 Å². The summed E-state index contributed by atoms with van der Waals surface area (Å²) >= 11 is 0. The minimum Gasteiger partial charge on any atom is -0.356 e. The molecule has 2 unspecified atom stereocenters. The second kappa shape index (κ2) is 10.7. The fourth-order valence-corrected chi connectivity index (χ4v) is 6.90. The minimum absolute atomic E-state index is 0.0276. The number of anilines is 1. The molecule has 41 heavy (non-hydrogen) atoms. The highest BCUT2D eigenvalue weighted by molar-refractivity contribution is 5.96. The first-order valence-corrected chi connectivity index (χ1v) is 14.7. The highest BCUT2D eigenvalue weighted by Gasteiger charge is 2.47. The van der Waals surface area contributed by atoms with Crippen molar-refractivity contribution < 1.29 is 4.79 Å². The van der Waals surface area contributed by atoms with Gasteiger partial charge in [0, 0.05) is 47.7 Å². The second-order valence-corrected chi connectivity index (χ2v) is 12.7. The molecular weight excluding hydrogens is 508 g/mol. The first-order valence-electron chi connectivity index (χ1n) is 14.7. The molecule has 1 amide bonds. The van der Waals surface area contributed by atoms with E-state index in [-0.39, 0.29) is 11.4 Å². The summed E-state index contributed by atoms with van der Waals surface area (Å²) in [5.41, 5.74) is 6.19. The van der Waals surface area contributed by atoms with Gasteiger partial charge < -0.3 is 10.2 Å². The lowest BCUT2D eigenvalue weighted by Crippen LogP contribution is -2.45. The van der Waals surface area contributed by atoms with E-state index in [0.717, 1.165) is 72.4 Å². The molecule has 2 aliphatic rings. The lowest BCUT2D eigenvalue weighted by atomic mass is 9.96. The van der Waals surface area contributed by atoms with E-state index >= 15 is 0 Å². The zero-order valence-corrected chi connectivity index (χ0v) is 24.4. The van der Waals surface area contributed by atoms with E-state index in [0.29, 0.717) is 23.3 Å². The van der Waals surface area contributed by atoms with Gasteiger partial charge in [-0.15, -0.1) is 0 Å². The molecule has 1 saturated carbocycles. The van der Waals surface area contributed by atoms with Crippen LogP contribution in [-0.2, 0) is 6.42 Å². The van der Waals surface area contributed by atoms with Crippen molar-refractivity contribution in [3.8, 4) is 17.2 Å². The average molecular weight is 547 g/mol. The minimum atomic E-state index is -0.187. The van der Waals surface area contributed by atoms with Crippen LogP contribution in [0.15, 0.2) is 61.1 Å². The molecule has 210 valence electrons. The summed E-state index contributed by atoms with van der Waals surface area (Å²) in [6, 6.07) is 16.5. The number of nitrogens with one attached hydrogen (secondary N) is 1. The summed E-state index contributed by atoms with van der Waals surface area (Å²) < 4.78 is 1.84. The second-order valence-electron chi connectivity index (χ2n) is 12.7. The number of rotatable bonds is 7. The van der Waals surface area contributed by atoms with Crippen LogP contribution in [-0.4, -0.2) is 39.1 Å². The maximum Gasteiger partial charge on any atom is 0.251 e. The number of aryl methyl sites for hydroxylation is 2. The van der Waals surface area contributed by atoms with Gasteiger partial charge in [0.1, 0.15) is 11.9 Å². The lowest BCUT2D eigenvalue weighted by Gasteiger charge is -2.29. The molecule has 2 atom stereocenters. The predicted molar refractivity (Wildman–Crippen MR) is 162 cm³/mol. The molecule has 1 aromatic carbocycles. The fourth-order valence-electron chi connectivity index (χ4n) is 6.90. The van der Waals surface area contributed by atoms with Crippen LogP contribution in [0, 0.1) is 36.0 Å². The van der Waals surface area contributed by atoms with Crippen molar-refractivity contribution in [2.75, 3.05) is 18.0 Å². The maximum atomic E-state index is 13.0. The van der Waals surface area contributed by atoms with E-state index in [4.69, 9.17) is 4.98 Å². The van der Waals surface area contributed by atoms with Crippen molar-refractivity contribution in [2.45, 2.75) is 58.9 Å². The van der Waals surface area contributed by atoms with Gasteiger partial charge >= 0.3 is 0 Å². The Morgan fingerprint density at radius 1 is 1.15 bits per heavy atom. The quantitative estimate of drug-likeness (QED) is 0.298. The van der Waals surface area contributed by atoms with Crippen molar-refractivity contribution in [3.05, 3.63) is 83.3 Å². The zero-order chi connectivity index (χ0) is 28.7. The third-order valence-electron chi connectivity index (χ3n) is 8.99. The number of pyridine rings is 2. The Labute approximate surface area is 242 Å². The largest absolute Gasteiger partial charge is 0.356 e. The van der Waals surface area contributed by atoms with Gasteiger partial charge in [0.2, 0.25) is 0 Å². The average Bonchev–Trinajstić information content (AvgIpc) is 3.63. The van der Waals surface area contributed by atoms with Gasteiger partial charge in [-0.05, 0) is 92.7 Å². The van der Waals surface area contributed by atoms with E-state index in [1.807, 2.05) is 48.1 Å². The molecule has 0 bridgehead atoms. The number of benzene rings is 1. The molecule has 4 aromatic rings. The van der Waals surface area contributed by atoms with Gasteiger partial charge in [0.15, 0.2) is 0 Å². The van der Waals surface area contributed by atoms with Crippen molar-refractivity contribution in [3.63, 3.8) is 0 Å². The highest BCUT2D eigenvalue weighted by Crippen LogP contribution is 2.45. The summed E-state index contributed by atoms with van der Waals surface area (Å²) in [5.74, 6) is 2.68. The smallest absolute Gasteiger partial charge is 0.251 e. The normalized spacial score (nSPS) is 21.8. The van der Waals surface area contributed by atoms with Crippen LogP contribution in [0.25, 0.3) is 16.6 Å². The van der Waals surface area contributed by atoms with E-state index in [2.05, 4.69) is 60.4 Å². The Hall–Kier alpha value is -4.18. The summed E-state index contributed by atoms with van der Waals surface area (Å²) in [7, 11) is 0. The number of nitrogens with zero attached hydrogens (tertiary/aromatic N) is 5. The van der Waals surface area contributed by atoms with E-state index in [9.17, 15) is 10.1 Å². The van der Waals surface area contributed by atoms with E-state index in [1.165, 1.54) is 5.56 Å². The van der Waals surface area contributed by atoms with Crippen LogP contribution in [0.5, 0.6) is 0 Å². The monoisotopic (exact) mass is 546 g/mol. The SMILES string of the molecule is Cc1ccccc1C(=O)NC1(C)CC2CN(c3ccc(-c4cc(CCC(C)C)cn5ncc(C#N)c45)cn3)CC2C1. The summed E-state index contributed by atoms with van der Waals surface area (Å²) in [4.78, 5) is 20.3. The fraction of sp³-hybridized carbons (Fsp3) is 0.412. The van der Waals surface area contributed by atoms with Crippen LogP contribution in [0.1, 0.15) is 67.1 Å². The maximum absolute atomic E-state index is 13.0. The number of carbonyl (C=O) groups excluding carboxylic acids is 1. The Morgan fingerprint density at radius 3 is 2.56 bits per heavy atom. The number of fused-ring (bicyclic) bond motifs is 2. The summed E-state index contributed by atoms with van der Waals surface area (Å²) in [6.07, 6.45) is 9.64. The molecule has 3 aromatic heterocycles. The number of nitriles is 1. The Balaban J connectivity index is 1.17. The summed E-state index contributed by atoms with van der Waals surface area (Å²) in [6.45, 7) is 10.5. The predicted octanol–water partition coefficient (Wildman–Crippen LogP) is 6.20. The lowest BCUT2D eigenvalue weighted by molar-refractivity contribution is 0.0904. The third kappa shape index (κ3) is 5.31. The first kappa shape index (κ1) is 27.0. The number of hydrogen-bond donors (Lipinski definition) is 1. The first-order chi connectivity index (χ1) is 19.7. The van der Waals surface area contributed by atoms with Crippen molar-refractivity contribution in [2.24, 2.45) is 17.8 Å². The molecule has 7 nitrogen and oxygen atoms in total. The van der Waals surface area contributed by atoms with Crippen molar-refractivity contribution >= 4 is 17.2 Å². The molecule has 7 heteroatoms. The highest BCUT2D eigenvalue weighted by atomic mass is 16.1. The van der Waals surface area contributed by atoms with Crippen LogP contribution >= 0.6 is 0 Å². The zero-order valence-electron chi connectivity index (χ0n) is 24.4. The Bertz CT molecular complexity index is 1620. The van der Waals surface area contributed by atoms with E-state index < -0.39 is 0 Å². The van der Waals surface area contributed by atoms with Crippen LogP contribution in [0.3, 0.4) is 0 Å². The molecule has 0 spiro atoms. The molecule has 4 heterocycles. The van der Waals surface area contributed by atoms with E-state index in [1.54, 1.807) is 6.20 Å². The molecule has 1 saturated heterocycles. The Kier molecular flexibility index (Phi) is 7.03. The molecule has 1 aliphatic heterocycles. The standard InChI is InChI=1S/C34H38N6O/c1-22(2)9-10-24-13-30(32-28(16-35)18-37-40(32)19-24)25-11-12-31(36-17-25)39-20-26-14-34(4,15-27(26)21-39)38-33(41)29-8-6-5-7-23(29)3/h5-8,11-13,17-19,22,26-27H,9-10,14-15,20-21H2,1-4H3,(H,38,41). The van der Waals surface area contributed by atoms with Crippen LogP contribution in [0.2, 0.25) is 0 Å². The molecule has 1 aliphatic carbocycles. The van der Waals surface area contributed by atoms with Gasteiger partial charge in [-0.2, -0.15) is 10.4 Å². The third-order valence-corrected chi connectivity index (χ3v) is 8.99. The van der Waals surface area contributed by atoms with Crippen LogP contribution in [0.4, 0.5) is 5.82 Å². The van der Waals surface area contributed by atoms with Crippen molar-refractivity contribution in [1.82, 2.24) is 19.9 Å². The van der Waals surface area contributed by atoms with Crippen molar-refractivity contribution in [1.29, 1.82) is 5.26 Å². The molecule has 6 rings (SSSR count). The van der Waals surface area contributed by atoms with Gasteiger partial charge in [0.05, 0.1) is 17.3 Å². The Morgan fingerprint density at radius 2 is 1.90 bits per heavy atom. The molecule has 1 N–H and O–H groups in total. The molecule has 0 radical (unpaired) electrons. The van der Waals surface area contributed by atoms with Crippen LogP contribution < -0.4 is 10.2 Å². The molecular formula is C34H38N6O. The topological polar surface area (TPSA) is 86.3 Å². The van der Waals surface area contributed by atoms with Gasteiger partial charge in [-0.3, -0.25) is 4.79 Å². The summed E-state index contributed by atoms with van der Waals surface area (Å²) in [5, 5.41) is 17.5. The van der Waals surface area contributed by atoms with Gasteiger partial charge in [0.25, 0.3) is 5.91 Å². The number of carbonyl (C=O) groups is 1.